The van der Waals surface area contributed by atoms with Crippen molar-refractivity contribution in [3.05, 3.63) is 29.8 Å². The van der Waals surface area contributed by atoms with Crippen LogP contribution < -0.4 is 10.5 Å². The fourth-order valence-electron chi connectivity index (χ4n) is 1.22. The molecule has 0 unspecified atom stereocenters. The maximum absolute atomic E-state index is 11.8. The fourth-order valence-corrected chi connectivity index (χ4v) is 1.22. The normalized spacial score (nSPS) is 12.4. The van der Waals surface area contributed by atoms with Gasteiger partial charge in [-0.15, -0.1) is 25.6 Å². The van der Waals surface area contributed by atoms with Gasteiger partial charge in [0.2, 0.25) is 0 Å². The summed E-state index contributed by atoms with van der Waals surface area (Å²) in [5, 5.41) is 8.50. The first-order valence-corrected chi connectivity index (χ1v) is 4.61. The lowest BCUT2D eigenvalue weighted by Gasteiger charge is -2.11. The second-order valence-corrected chi connectivity index (χ2v) is 3.32. The number of hydrogen-bond donors (Lipinski definition) is 2. The van der Waals surface area contributed by atoms with Crippen molar-refractivity contribution in [2.45, 2.75) is 18.8 Å². The van der Waals surface area contributed by atoms with E-state index in [1.54, 1.807) is 0 Å². The number of nitrogens with two attached hydrogens (primary N) is 1. The lowest BCUT2D eigenvalue weighted by Crippen LogP contribution is -2.17. The summed E-state index contributed by atoms with van der Waals surface area (Å²) in [6.45, 7) is 0. The second kappa shape index (κ2) is 6.46. The lowest BCUT2D eigenvalue weighted by molar-refractivity contribution is -0.274. The molecule has 1 rings (SSSR count). The molecule has 0 aliphatic carbocycles. The van der Waals surface area contributed by atoms with E-state index in [2.05, 4.69) is 4.74 Å². The van der Waals surface area contributed by atoms with Gasteiger partial charge >= 0.3 is 12.3 Å². The standard InChI is InChI=1S/C10H10F3NO3.ClH/c11-10(12,13)17-7-3-1-6(2-4-7)8(14)5-9(15)16;/h1-4,8H,5,14H2,(H,15,16);1H/t8-;/m1./s1. The zero-order chi connectivity index (χ0) is 13.1. The van der Waals surface area contributed by atoms with Gasteiger partial charge in [-0.1, -0.05) is 12.1 Å². The van der Waals surface area contributed by atoms with Crippen molar-refractivity contribution < 1.29 is 27.8 Å². The minimum Gasteiger partial charge on any atom is -0.481 e. The molecule has 0 amide bonds. The summed E-state index contributed by atoms with van der Waals surface area (Å²) in [6, 6.07) is 4.02. The topological polar surface area (TPSA) is 72.6 Å². The summed E-state index contributed by atoms with van der Waals surface area (Å²) in [5.74, 6) is -1.45. The van der Waals surface area contributed by atoms with Crippen LogP contribution in [0.5, 0.6) is 5.75 Å². The number of carboxylic acids is 1. The SMILES string of the molecule is Cl.N[C@H](CC(=O)O)c1ccc(OC(F)(F)F)cc1. The zero-order valence-electron chi connectivity index (χ0n) is 8.98. The quantitative estimate of drug-likeness (QED) is 0.891. The van der Waals surface area contributed by atoms with Crippen LogP contribution in [0.4, 0.5) is 13.2 Å². The molecule has 0 saturated heterocycles. The van der Waals surface area contributed by atoms with E-state index in [1.165, 1.54) is 12.1 Å². The van der Waals surface area contributed by atoms with Crippen LogP contribution in [0.1, 0.15) is 18.0 Å². The first-order valence-electron chi connectivity index (χ1n) is 4.61. The van der Waals surface area contributed by atoms with E-state index in [9.17, 15) is 18.0 Å². The first kappa shape index (κ1) is 16.5. The van der Waals surface area contributed by atoms with Crippen LogP contribution in [-0.4, -0.2) is 17.4 Å². The van der Waals surface area contributed by atoms with Gasteiger partial charge in [-0.3, -0.25) is 4.79 Å². The molecular weight excluding hydrogens is 275 g/mol. The zero-order valence-corrected chi connectivity index (χ0v) is 9.79. The molecule has 1 aromatic carbocycles. The molecule has 1 aromatic rings. The molecule has 0 radical (unpaired) electrons. The molecule has 0 heterocycles. The number of halogens is 4. The summed E-state index contributed by atoms with van der Waals surface area (Å²) < 4.78 is 39.2. The van der Waals surface area contributed by atoms with E-state index in [0.29, 0.717) is 5.56 Å². The third-order valence-corrected chi connectivity index (χ3v) is 1.94. The van der Waals surface area contributed by atoms with Gasteiger partial charge in [0.05, 0.1) is 6.42 Å². The Morgan fingerprint density at radius 2 is 1.83 bits per heavy atom. The Kier molecular flexibility index (Phi) is 5.93. The smallest absolute Gasteiger partial charge is 0.481 e. The molecule has 0 fully saturated rings. The number of benzene rings is 1. The van der Waals surface area contributed by atoms with Crippen molar-refractivity contribution in [3.8, 4) is 5.75 Å². The van der Waals surface area contributed by atoms with Crippen LogP contribution in [0.15, 0.2) is 24.3 Å². The number of rotatable bonds is 4. The summed E-state index contributed by atoms with van der Waals surface area (Å²) in [6.07, 6.45) is -5.04. The summed E-state index contributed by atoms with van der Waals surface area (Å²) in [4.78, 5) is 10.4. The van der Waals surface area contributed by atoms with Gasteiger partial charge < -0.3 is 15.6 Å². The van der Waals surface area contributed by atoms with E-state index in [1.807, 2.05) is 0 Å². The summed E-state index contributed by atoms with van der Waals surface area (Å²) in [5.41, 5.74) is 5.96. The summed E-state index contributed by atoms with van der Waals surface area (Å²) in [7, 11) is 0. The van der Waals surface area contributed by atoms with Crippen molar-refractivity contribution in [2.75, 3.05) is 0 Å². The number of aliphatic carboxylic acids is 1. The Balaban J connectivity index is 0.00000289. The highest BCUT2D eigenvalue weighted by Gasteiger charge is 2.31. The van der Waals surface area contributed by atoms with Crippen molar-refractivity contribution >= 4 is 18.4 Å². The van der Waals surface area contributed by atoms with Gasteiger partial charge in [0, 0.05) is 6.04 Å². The Morgan fingerprint density at radius 1 is 1.33 bits per heavy atom. The molecule has 18 heavy (non-hydrogen) atoms. The van der Waals surface area contributed by atoms with E-state index >= 15 is 0 Å². The highest BCUT2D eigenvalue weighted by Crippen LogP contribution is 2.24. The molecule has 0 saturated carbocycles. The van der Waals surface area contributed by atoms with Gasteiger partial charge in [0.15, 0.2) is 0 Å². The second-order valence-electron chi connectivity index (χ2n) is 3.32. The monoisotopic (exact) mass is 285 g/mol. The van der Waals surface area contributed by atoms with Crippen molar-refractivity contribution in [3.63, 3.8) is 0 Å². The largest absolute Gasteiger partial charge is 0.573 e. The Morgan fingerprint density at radius 3 is 2.22 bits per heavy atom. The lowest BCUT2D eigenvalue weighted by atomic mass is 10.1. The highest BCUT2D eigenvalue weighted by atomic mass is 35.5. The molecule has 0 spiro atoms. The third-order valence-electron chi connectivity index (χ3n) is 1.94. The fraction of sp³-hybridized carbons (Fsp3) is 0.300. The van der Waals surface area contributed by atoms with E-state index in [-0.39, 0.29) is 24.6 Å². The van der Waals surface area contributed by atoms with Gasteiger partial charge in [0.1, 0.15) is 5.75 Å². The number of ether oxygens (including phenoxy) is 1. The molecule has 102 valence electrons. The van der Waals surface area contributed by atoms with Crippen LogP contribution in [0.3, 0.4) is 0 Å². The van der Waals surface area contributed by atoms with Crippen LogP contribution in [0.25, 0.3) is 0 Å². The number of alkyl halides is 3. The summed E-state index contributed by atoms with van der Waals surface area (Å²) >= 11 is 0. The minimum absolute atomic E-state index is 0. The van der Waals surface area contributed by atoms with Crippen LogP contribution >= 0.6 is 12.4 Å². The average molecular weight is 286 g/mol. The van der Waals surface area contributed by atoms with Gasteiger partial charge in [-0.05, 0) is 17.7 Å². The van der Waals surface area contributed by atoms with Gasteiger partial charge in [-0.25, -0.2) is 0 Å². The number of carboxylic acid groups (broad SMARTS) is 1. The highest BCUT2D eigenvalue weighted by molar-refractivity contribution is 5.85. The first-order chi connectivity index (χ1) is 7.78. The van der Waals surface area contributed by atoms with Crippen molar-refractivity contribution in [1.29, 1.82) is 0 Å². The maximum Gasteiger partial charge on any atom is 0.573 e. The molecule has 0 aliphatic heterocycles. The Labute approximate surface area is 107 Å². The molecule has 8 heteroatoms. The van der Waals surface area contributed by atoms with E-state index < -0.39 is 18.4 Å². The molecular formula is C10H11ClF3NO3. The van der Waals surface area contributed by atoms with Crippen LogP contribution in [0.2, 0.25) is 0 Å². The van der Waals surface area contributed by atoms with Crippen molar-refractivity contribution in [2.24, 2.45) is 5.73 Å². The van der Waals surface area contributed by atoms with Gasteiger partial charge in [0.25, 0.3) is 0 Å². The molecule has 1 atom stereocenters. The predicted molar refractivity (Wildman–Crippen MR) is 59.6 cm³/mol. The third kappa shape index (κ3) is 5.74. The molecule has 0 aromatic heterocycles. The van der Waals surface area contributed by atoms with Crippen LogP contribution in [-0.2, 0) is 4.79 Å². The number of carbonyl (C=O) groups is 1. The Bertz CT molecular complexity index is 394. The van der Waals surface area contributed by atoms with E-state index in [0.717, 1.165) is 12.1 Å². The van der Waals surface area contributed by atoms with Gasteiger partial charge in [-0.2, -0.15) is 0 Å². The Hall–Kier alpha value is -1.47. The number of hydrogen-bond acceptors (Lipinski definition) is 3. The maximum atomic E-state index is 11.8. The predicted octanol–water partition coefficient (Wildman–Crippen LogP) is 2.48. The molecule has 0 bridgehead atoms. The molecule has 3 N–H and O–H groups in total. The average Bonchev–Trinajstić information content (AvgIpc) is 2.15. The van der Waals surface area contributed by atoms with Crippen molar-refractivity contribution in [1.82, 2.24) is 0 Å². The minimum atomic E-state index is -4.75. The molecule has 0 aliphatic rings. The van der Waals surface area contributed by atoms with Crippen LogP contribution in [0, 0.1) is 0 Å². The van der Waals surface area contributed by atoms with E-state index in [4.69, 9.17) is 10.8 Å². The molecule has 4 nitrogen and oxygen atoms in total.